The number of aromatic nitrogens is 1. The molecular weight excluding hydrogens is 210 g/mol. The zero-order valence-corrected chi connectivity index (χ0v) is 10.8. The molecule has 1 fully saturated rings. The molecule has 1 aliphatic heterocycles. The van der Waals surface area contributed by atoms with Gasteiger partial charge in [0.2, 0.25) is 0 Å². The van der Waals surface area contributed by atoms with E-state index in [9.17, 15) is 0 Å². The molecule has 3 nitrogen and oxygen atoms in total. The summed E-state index contributed by atoms with van der Waals surface area (Å²) in [5, 5.41) is 3.49. The van der Waals surface area contributed by atoms with Crippen molar-refractivity contribution in [1.82, 2.24) is 15.2 Å². The quantitative estimate of drug-likeness (QED) is 0.761. The Morgan fingerprint density at radius 1 is 1.29 bits per heavy atom. The normalized spacial score (nSPS) is 16.5. The topological polar surface area (TPSA) is 28.2 Å². The van der Waals surface area contributed by atoms with Gasteiger partial charge in [-0.05, 0) is 63.5 Å². The molecule has 0 aliphatic carbocycles. The van der Waals surface area contributed by atoms with Crippen LogP contribution in [0.2, 0.25) is 0 Å². The van der Waals surface area contributed by atoms with Crippen molar-refractivity contribution >= 4 is 0 Å². The first-order valence-corrected chi connectivity index (χ1v) is 6.68. The van der Waals surface area contributed by atoms with Crippen LogP contribution in [-0.4, -0.2) is 36.1 Å². The highest BCUT2D eigenvalue weighted by Crippen LogP contribution is 2.07. The molecule has 0 radical (unpaired) electrons. The summed E-state index contributed by atoms with van der Waals surface area (Å²) in [6.07, 6.45) is 7.88. The van der Waals surface area contributed by atoms with Crippen LogP contribution in [0.15, 0.2) is 18.5 Å². The average molecular weight is 233 g/mol. The van der Waals surface area contributed by atoms with Crippen LogP contribution < -0.4 is 5.32 Å². The molecule has 17 heavy (non-hydrogen) atoms. The van der Waals surface area contributed by atoms with Gasteiger partial charge in [-0.3, -0.25) is 4.98 Å². The van der Waals surface area contributed by atoms with Gasteiger partial charge in [-0.1, -0.05) is 6.07 Å². The van der Waals surface area contributed by atoms with Gasteiger partial charge in [0, 0.05) is 18.9 Å². The van der Waals surface area contributed by atoms with E-state index >= 15 is 0 Å². The third-order valence-electron chi connectivity index (χ3n) is 3.29. The number of hydrogen-bond donors (Lipinski definition) is 1. The monoisotopic (exact) mass is 233 g/mol. The van der Waals surface area contributed by atoms with Crippen LogP contribution >= 0.6 is 0 Å². The van der Waals surface area contributed by atoms with Crippen LogP contribution in [0, 0.1) is 6.92 Å². The summed E-state index contributed by atoms with van der Waals surface area (Å²) in [7, 11) is 0. The Labute approximate surface area is 104 Å². The Bertz CT molecular complexity index is 332. The molecule has 3 heteroatoms. The highest BCUT2D eigenvalue weighted by Gasteiger charge is 2.09. The number of nitrogens with zero attached hydrogens (tertiary/aromatic N) is 2. The first-order valence-electron chi connectivity index (χ1n) is 6.68. The number of pyridine rings is 1. The van der Waals surface area contributed by atoms with Gasteiger partial charge in [-0.15, -0.1) is 0 Å². The number of hydrogen-bond acceptors (Lipinski definition) is 3. The minimum atomic E-state index is 0.939. The van der Waals surface area contributed by atoms with Crippen molar-refractivity contribution in [3.8, 4) is 0 Å². The van der Waals surface area contributed by atoms with Crippen LogP contribution in [0.3, 0.4) is 0 Å². The van der Waals surface area contributed by atoms with Crippen molar-refractivity contribution in [2.75, 3.05) is 26.2 Å². The summed E-state index contributed by atoms with van der Waals surface area (Å²) in [6.45, 7) is 7.99. The van der Waals surface area contributed by atoms with E-state index in [1.165, 1.54) is 50.0 Å². The second-order valence-corrected chi connectivity index (χ2v) is 4.95. The predicted octanol–water partition coefficient (Wildman–Crippen LogP) is 1.97. The fourth-order valence-corrected chi connectivity index (χ4v) is 2.38. The summed E-state index contributed by atoms with van der Waals surface area (Å²) >= 11 is 0. The molecule has 0 unspecified atom stereocenters. The van der Waals surface area contributed by atoms with Crippen molar-refractivity contribution in [2.24, 2.45) is 0 Å². The van der Waals surface area contributed by atoms with Crippen molar-refractivity contribution in [1.29, 1.82) is 0 Å². The SMILES string of the molecule is Cc1cncc(CNCCCN2CCCC2)c1. The molecule has 94 valence electrons. The second kappa shape index (κ2) is 6.72. The third-order valence-corrected chi connectivity index (χ3v) is 3.29. The van der Waals surface area contributed by atoms with Crippen molar-refractivity contribution in [3.63, 3.8) is 0 Å². The molecule has 0 bridgehead atoms. The summed E-state index contributed by atoms with van der Waals surface area (Å²) in [6, 6.07) is 2.19. The zero-order chi connectivity index (χ0) is 11.9. The molecule has 1 saturated heterocycles. The molecule has 1 aliphatic rings. The zero-order valence-electron chi connectivity index (χ0n) is 10.8. The summed E-state index contributed by atoms with van der Waals surface area (Å²) in [5.74, 6) is 0. The molecule has 2 heterocycles. The van der Waals surface area contributed by atoms with E-state index in [1.54, 1.807) is 0 Å². The molecule has 2 rings (SSSR count). The van der Waals surface area contributed by atoms with Gasteiger partial charge in [0.05, 0.1) is 0 Å². The Hall–Kier alpha value is -0.930. The number of rotatable bonds is 6. The van der Waals surface area contributed by atoms with E-state index in [-0.39, 0.29) is 0 Å². The van der Waals surface area contributed by atoms with Crippen molar-refractivity contribution < 1.29 is 0 Å². The third kappa shape index (κ3) is 4.44. The Morgan fingerprint density at radius 2 is 2.12 bits per heavy atom. The number of aryl methyl sites for hydroxylation is 1. The van der Waals surface area contributed by atoms with Crippen LogP contribution in [0.5, 0.6) is 0 Å². The summed E-state index contributed by atoms with van der Waals surface area (Å²) in [5.41, 5.74) is 2.52. The lowest BCUT2D eigenvalue weighted by atomic mass is 10.2. The van der Waals surface area contributed by atoms with Gasteiger partial charge >= 0.3 is 0 Å². The van der Waals surface area contributed by atoms with E-state index in [4.69, 9.17) is 0 Å². The molecule has 0 aromatic carbocycles. The van der Waals surface area contributed by atoms with Crippen LogP contribution in [0.4, 0.5) is 0 Å². The van der Waals surface area contributed by atoms with Crippen LogP contribution in [0.1, 0.15) is 30.4 Å². The van der Waals surface area contributed by atoms with E-state index in [0.717, 1.165) is 13.1 Å². The molecule has 0 saturated carbocycles. The van der Waals surface area contributed by atoms with Crippen LogP contribution in [-0.2, 0) is 6.54 Å². The molecule has 1 N–H and O–H groups in total. The van der Waals surface area contributed by atoms with Crippen molar-refractivity contribution in [2.45, 2.75) is 32.7 Å². The average Bonchev–Trinajstić information content (AvgIpc) is 2.82. The minimum Gasteiger partial charge on any atom is -0.313 e. The van der Waals surface area contributed by atoms with Gasteiger partial charge in [-0.2, -0.15) is 0 Å². The van der Waals surface area contributed by atoms with E-state index < -0.39 is 0 Å². The predicted molar refractivity (Wildman–Crippen MR) is 71.0 cm³/mol. The van der Waals surface area contributed by atoms with Crippen LogP contribution in [0.25, 0.3) is 0 Å². The molecule has 1 aromatic rings. The van der Waals surface area contributed by atoms with Gasteiger partial charge in [-0.25, -0.2) is 0 Å². The van der Waals surface area contributed by atoms with Gasteiger partial charge in [0.1, 0.15) is 0 Å². The lowest BCUT2D eigenvalue weighted by Gasteiger charge is -2.14. The highest BCUT2D eigenvalue weighted by molar-refractivity contribution is 5.16. The Kier molecular flexibility index (Phi) is 4.95. The first-order chi connectivity index (χ1) is 8.34. The highest BCUT2D eigenvalue weighted by atomic mass is 15.1. The van der Waals surface area contributed by atoms with Gasteiger partial charge < -0.3 is 10.2 Å². The summed E-state index contributed by atoms with van der Waals surface area (Å²) in [4.78, 5) is 6.76. The molecular formula is C14H23N3. The van der Waals surface area contributed by atoms with E-state index in [0.29, 0.717) is 0 Å². The van der Waals surface area contributed by atoms with Gasteiger partial charge in [0.15, 0.2) is 0 Å². The van der Waals surface area contributed by atoms with Gasteiger partial charge in [0.25, 0.3) is 0 Å². The Balaban J connectivity index is 1.56. The number of nitrogens with one attached hydrogen (secondary N) is 1. The first kappa shape index (κ1) is 12.5. The molecule has 0 atom stereocenters. The maximum Gasteiger partial charge on any atom is 0.0313 e. The van der Waals surface area contributed by atoms with E-state index in [2.05, 4.69) is 28.2 Å². The van der Waals surface area contributed by atoms with Crippen molar-refractivity contribution in [3.05, 3.63) is 29.6 Å². The minimum absolute atomic E-state index is 0.939. The standard InChI is InChI=1S/C14H23N3/c1-13-9-14(12-16-10-13)11-15-5-4-8-17-6-2-3-7-17/h9-10,12,15H,2-8,11H2,1H3. The maximum atomic E-state index is 4.20. The maximum absolute atomic E-state index is 4.20. The largest absolute Gasteiger partial charge is 0.313 e. The van der Waals surface area contributed by atoms with E-state index in [1.807, 2.05) is 12.4 Å². The summed E-state index contributed by atoms with van der Waals surface area (Å²) < 4.78 is 0. The molecule has 0 amide bonds. The Morgan fingerprint density at radius 3 is 2.88 bits per heavy atom. The lowest BCUT2D eigenvalue weighted by Crippen LogP contribution is -2.24. The fourth-order valence-electron chi connectivity index (χ4n) is 2.38. The molecule has 1 aromatic heterocycles. The molecule has 0 spiro atoms. The lowest BCUT2D eigenvalue weighted by molar-refractivity contribution is 0.331. The smallest absolute Gasteiger partial charge is 0.0313 e. The second-order valence-electron chi connectivity index (χ2n) is 4.95. The fraction of sp³-hybridized carbons (Fsp3) is 0.643. The number of likely N-dealkylation sites (tertiary alicyclic amines) is 1.